The molecule has 0 aromatic carbocycles. The molecule has 5 rings (SSSR count). The van der Waals surface area contributed by atoms with Crippen LogP contribution in [0.15, 0.2) is 52.4 Å². The van der Waals surface area contributed by atoms with E-state index in [0.717, 1.165) is 18.5 Å². The van der Waals surface area contributed by atoms with Crippen molar-refractivity contribution in [2.24, 2.45) is 5.92 Å². The van der Waals surface area contributed by atoms with Crippen LogP contribution in [0.3, 0.4) is 0 Å². The van der Waals surface area contributed by atoms with Crippen LogP contribution in [0.4, 0.5) is 5.69 Å². The highest BCUT2D eigenvalue weighted by Crippen LogP contribution is 2.40. The van der Waals surface area contributed by atoms with Gasteiger partial charge in [-0.1, -0.05) is 13.8 Å². The van der Waals surface area contributed by atoms with Crippen LogP contribution in [-0.2, 0) is 6.54 Å². The summed E-state index contributed by atoms with van der Waals surface area (Å²) in [4.78, 5) is 49.9. The van der Waals surface area contributed by atoms with Crippen molar-refractivity contribution in [2.75, 3.05) is 5.32 Å². The maximum absolute atomic E-state index is 13.3. The summed E-state index contributed by atoms with van der Waals surface area (Å²) in [6.45, 7) is 4.33. The average Bonchev–Trinajstić information content (AvgIpc) is 3.50. The van der Waals surface area contributed by atoms with Crippen LogP contribution < -0.4 is 16.6 Å². The first-order valence-corrected chi connectivity index (χ1v) is 10.9. The van der Waals surface area contributed by atoms with Crippen LogP contribution in [-0.4, -0.2) is 35.2 Å². The van der Waals surface area contributed by atoms with Crippen molar-refractivity contribution in [3.05, 3.63) is 75.0 Å². The minimum atomic E-state index is -0.623. The van der Waals surface area contributed by atoms with Gasteiger partial charge in [-0.15, -0.1) is 0 Å². The Bertz CT molecular complexity index is 1450. The largest absolute Gasteiger partial charge is 0.330 e. The van der Waals surface area contributed by atoms with Crippen molar-refractivity contribution >= 4 is 22.6 Å². The van der Waals surface area contributed by atoms with Crippen molar-refractivity contribution in [1.29, 1.82) is 0 Å². The Morgan fingerprint density at radius 3 is 2.73 bits per heavy atom. The first-order valence-electron chi connectivity index (χ1n) is 10.9. The normalized spacial score (nSPS) is 13.5. The van der Waals surface area contributed by atoms with E-state index in [-0.39, 0.29) is 28.4 Å². The number of carbonyl (C=O) groups excluding carboxylic acids is 1. The van der Waals surface area contributed by atoms with Gasteiger partial charge in [0.05, 0.1) is 22.8 Å². The SMILES string of the molecule is CC(C)Cn1c(=O)[nH]c(=O)c2c(C(=O)Nc3ccc(-n4cccn4)nc3)cc(C3CC3)nc21. The lowest BCUT2D eigenvalue weighted by atomic mass is 10.1. The molecule has 168 valence electrons. The smallest absolute Gasteiger partial charge is 0.321 e. The maximum atomic E-state index is 13.3. The zero-order chi connectivity index (χ0) is 23.1. The predicted molar refractivity (Wildman–Crippen MR) is 123 cm³/mol. The fourth-order valence-electron chi connectivity index (χ4n) is 3.79. The Labute approximate surface area is 188 Å². The molecule has 1 aliphatic rings. The van der Waals surface area contributed by atoms with Crippen molar-refractivity contribution < 1.29 is 4.79 Å². The number of nitrogens with zero attached hydrogens (tertiary/aromatic N) is 5. The molecule has 1 saturated carbocycles. The third kappa shape index (κ3) is 4.07. The van der Waals surface area contributed by atoms with Gasteiger partial charge in [0.2, 0.25) is 0 Å². The molecule has 1 fully saturated rings. The minimum absolute atomic E-state index is 0.110. The standard InChI is InChI=1S/C23H23N7O3/c1-13(2)12-29-20-19(22(32)28-23(29)33)16(10-17(27-20)14-4-5-14)21(31)26-15-6-7-18(24-11-15)30-9-3-8-25-30/h3,6-11,13-14H,4-5,12H2,1-2H3,(H,26,31)(H,28,32,33). The lowest BCUT2D eigenvalue weighted by Crippen LogP contribution is -2.33. The maximum Gasteiger partial charge on any atom is 0.330 e. The molecule has 33 heavy (non-hydrogen) atoms. The van der Waals surface area contributed by atoms with Crippen molar-refractivity contribution in [1.82, 2.24) is 29.3 Å². The highest BCUT2D eigenvalue weighted by molar-refractivity contribution is 6.11. The average molecular weight is 445 g/mol. The molecule has 1 aliphatic carbocycles. The van der Waals surface area contributed by atoms with E-state index in [0.29, 0.717) is 18.1 Å². The number of pyridine rings is 2. The number of fused-ring (bicyclic) bond motifs is 1. The number of nitrogens with one attached hydrogen (secondary N) is 2. The van der Waals surface area contributed by atoms with E-state index in [9.17, 15) is 14.4 Å². The number of hydrogen-bond acceptors (Lipinski definition) is 6. The van der Waals surface area contributed by atoms with Crippen molar-refractivity contribution in [3.8, 4) is 5.82 Å². The Hall–Kier alpha value is -4.08. The number of hydrogen-bond donors (Lipinski definition) is 2. The van der Waals surface area contributed by atoms with Crippen LogP contribution in [0.25, 0.3) is 16.9 Å². The molecule has 0 atom stereocenters. The quantitative estimate of drug-likeness (QED) is 0.469. The van der Waals surface area contributed by atoms with E-state index in [2.05, 4.69) is 25.4 Å². The molecule has 4 aromatic rings. The van der Waals surface area contributed by atoms with Gasteiger partial charge in [-0.05, 0) is 43.0 Å². The van der Waals surface area contributed by atoms with Gasteiger partial charge in [0, 0.05) is 30.6 Å². The monoisotopic (exact) mass is 445 g/mol. The number of amides is 1. The van der Waals surface area contributed by atoms with E-state index in [1.54, 1.807) is 41.3 Å². The van der Waals surface area contributed by atoms with Gasteiger partial charge in [0.25, 0.3) is 11.5 Å². The molecule has 0 saturated heterocycles. The summed E-state index contributed by atoms with van der Waals surface area (Å²) in [5.41, 5.74) is 0.493. The zero-order valence-electron chi connectivity index (χ0n) is 18.3. The van der Waals surface area contributed by atoms with Crippen LogP contribution in [0, 0.1) is 5.92 Å². The van der Waals surface area contributed by atoms with Crippen molar-refractivity contribution in [2.45, 2.75) is 39.2 Å². The summed E-state index contributed by atoms with van der Waals surface area (Å²) < 4.78 is 3.06. The molecule has 10 heteroatoms. The Balaban J connectivity index is 1.57. The van der Waals surface area contributed by atoms with E-state index >= 15 is 0 Å². The molecule has 4 heterocycles. The van der Waals surface area contributed by atoms with Crippen LogP contribution in [0.1, 0.15) is 48.7 Å². The first-order chi connectivity index (χ1) is 15.9. The van der Waals surface area contributed by atoms with Gasteiger partial charge in [0.15, 0.2) is 11.5 Å². The van der Waals surface area contributed by atoms with Gasteiger partial charge in [0.1, 0.15) is 0 Å². The number of aromatic nitrogens is 6. The van der Waals surface area contributed by atoms with Gasteiger partial charge in [-0.2, -0.15) is 5.10 Å². The molecule has 0 aliphatic heterocycles. The third-order valence-electron chi connectivity index (χ3n) is 5.50. The molecule has 0 radical (unpaired) electrons. The van der Waals surface area contributed by atoms with Gasteiger partial charge in [-0.25, -0.2) is 19.4 Å². The van der Waals surface area contributed by atoms with E-state index < -0.39 is 17.2 Å². The minimum Gasteiger partial charge on any atom is -0.321 e. The second-order valence-corrected chi connectivity index (χ2v) is 8.64. The highest BCUT2D eigenvalue weighted by atomic mass is 16.2. The molecule has 0 unspecified atom stereocenters. The lowest BCUT2D eigenvalue weighted by molar-refractivity contribution is 0.102. The molecular weight excluding hydrogens is 422 g/mol. The Morgan fingerprint density at radius 2 is 2.09 bits per heavy atom. The summed E-state index contributed by atoms with van der Waals surface area (Å²) in [5, 5.41) is 7.05. The van der Waals surface area contributed by atoms with Crippen LogP contribution in [0.2, 0.25) is 0 Å². The second-order valence-electron chi connectivity index (χ2n) is 8.64. The van der Waals surface area contributed by atoms with E-state index in [4.69, 9.17) is 0 Å². The molecule has 10 nitrogen and oxygen atoms in total. The fraction of sp³-hybridized carbons (Fsp3) is 0.304. The van der Waals surface area contributed by atoms with Gasteiger partial charge in [-0.3, -0.25) is 19.1 Å². The zero-order valence-corrected chi connectivity index (χ0v) is 18.3. The highest BCUT2D eigenvalue weighted by Gasteiger charge is 2.29. The molecule has 0 spiro atoms. The van der Waals surface area contributed by atoms with E-state index in [1.807, 2.05) is 13.8 Å². The topological polar surface area (TPSA) is 128 Å². The summed E-state index contributed by atoms with van der Waals surface area (Å²) in [7, 11) is 0. The fourth-order valence-corrected chi connectivity index (χ4v) is 3.79. The first kappa shape index (κ1) is 20.8. The number of rotatable bonds is 6. The summed E-state index contributed by atoms with van der Waals surface area (Å²) in [6.07, 6.45) is 6.89. The summed E-state index contributed by atoms with van der Waals surface area (Å²) in [5.74, 6) is 0.536. The lowest BCUT2D eigenvalue weighted by Gasteiger charge is -2.15. The Morgan fingerprint density at radius 1 is 1.27 bits per heavy atom. The number of carbonyl (C=O) groups is 1. The van der Waals surface area contributed by atoms with Crippen molar-refractivity contribution in [3.63, 3.8) is 0 Å². The van der Waals surface area contributed by atoms with E-state index in [1.165, 1.54) is 10.8 Å². The Kier molecular flexibility index (Phi) is 5.12. The molecule has 1 amide bonds. The van der Waals surface area contributed by atoms with Crippen LogP contribution >= 0.6 is 0 Å². The molecule has 4 aromatic heterocycles. The molecular formula is C23H23N7O3. The molecule has 2 N–H and O–H groups in total. The summed E-state index contributed by atoms with van der Waals surface area (Å²) >= 11 is 0. The number of anilines is 1. The van der Waals surface area contributed by atoms with Gasteiger partial charge < -0.3 is 5.32 Å². The van der Waals surface area contributed by atoms with Gasteiger partial charge >= 0.3 is 5.69 Å². The molecule has 0 bridgehead atoms. The second kappa shape index (κ2) is 8.12. The number of H-pyrrole nitrogens is 1. The number of aromatic amines is 1. The summed E-state index contributed by atoms with van der Waals surface area (Å²) in [6, 6.07) is 6.90. The third-order valence-corrected chi connectivity index (χ3v) is 5.50. The van der Waals surface area contributed by atoms with Crippen LogP contribution in [0.5, 0.6) is 0 Å². The predicted octanol–water partition coefficient (Wildman–Crippen LogP) is 2.45.